The molecule has 0 fully saturated rings. The standard InChI is InChI=1S/C18H16FN3O3/c1-2-17-21-22-18(25-17)12-7-9-13(10-8-12)20-16(23)11-24-15-6-4-3-5-14(15)19/h3-10H,2,11H2,1H3,(H,20,23). The molecular weight excluding hydrogens is 325 g/mol. The van der Waals surface area contributed by atoms with Gasteiger partial charge in [-0.2, -0.15) is 0 Å². The molecule has 3 rings (SSSR count). The van der Waals surface area contributed by atoms with E-state index >= 15 is 0 Å². The van der Waals surface area contributed by atoms with Crippen molar-refractivity contribution in [2.24, 2.45) is 0 Å². The van der Waals surface area contributed by atoms with Gasteiger partial charge in [0.05, 0.1) is 0 Å². The van der Waals surface area contributed by atoms with E-state index < -0.39 is 5.82 Å². The summed E-state index contributed by atoms with van der Waals surface area (Å²) in [5.41, 5.74) is 1.34. The Bertz CT molecular complexity index is 862. The number of hydrogen-bond acceptors (Lipinski definition) is 5. The third kappa shape index (κ3) is 4.20. The number of aryl methyl sites for hydroxylation is 1. The molecule has 6 nitrogen and oxygen atoms in total. The number of carbonyl (C=O) groups is 1. The van der Waals surface area contributed by atoms with Crippen molar-refractivity contribution < 1.29 is 18.3 Å². The Morgan fingerprint density at radius 3 is 2.60 bits per heavy atom. The number of nitrogens with zero attached hydrogens (tertiary/aromatic N) is 2. The van der Waals surface area contributed by atoms with Gasteiger partial charge in [-0.15, -0.1) is 10.2 Å². The second kappa shape index (κ2) is 7.57. The van der Waals surface area contributed by atoms with Crippen molar-refractivity contribution in [2.45, 2.75) is 13.3 Å². The minimum absolute atomic E-state index is 0.0381. The predicted molar refractivity (Wildman–Crippen MR) is 89.6 cm³/mol. The van der Waals surface area contributed by atoms with E-state index in [0.29, 0.717) is 23.9 Å². The number of amides is 1. The minimum atomic E-state index is -0.509. The second-order valence-corrected chi connectivity index (χ2v) is 5.20. The molecule has 0 aliphatic carbocycles. The molecule has 1 heterocycles. The Kier molecular flexibility index (Phi) is 5.03. The minimum Gasteiger partial charge on any atom is -0.481 e. The molecule has 0 radical (unpaired) electrons. The van der Waals surface area contributed by atoms with Crippen molar-refractivity contribution in [3.05, 3.63) is 60.2 Å². The summed E-state index contributed by atoms with van der Waals surface area (Å²) in [6.45, 7) is 1.64. The zero-order valence-electron chi connectivity index (χ0n) is 13.5. The summed E-state index contributed by atoms with van der Waals surface area (Å²) < 4.78 is 24.1. The molecule has 7 heteroatoms. The number of anilines is 1. The van der Waals surface area contributed by atoms with Crippen molar-refractivity contribution in [2.75, 3.05) is 11.9 Å². The Hall–Kier alpha value is -3.22. The quantitative estimate of drug-likeness (QED) is 0.743. The summed E-state index contributed by atoms with van der Waals surface area (Å²) in [5, 5.41) is 10.5. The highest BCUT2D eigenvalue weighted by molar-refractivity contribution is 5.92. The van der Waals surface area contributed by atoms with E-state index in [0.717, 1.165) is 5.56 Å². The van der Waals surface area contributed by atoms with Crippen LogP contribution in [-0.2, 0) is 11.2 Å². The van der Waals surface area contributed by atoms with Gasteiger partial charge in [0.2, 0.25) is 11.8 Å². The van der Waals surface area contributed by atoms with Gasteiger partial charge in [0.15, 0.2) is 18.2 Å². The van der Waals surface area contributed by atoms with Gasteiger partial charge in [0.25, 0.3) is 5.91 Å². The van der Waals surface area contributed by atoms with Gasteiger partial charge in [-0.1, -0.05) is 19.1 Å². The topological polar surface area (TPSA) is 77.2 Å². The van der Waals surface area contributed by atoms with Gasteiger partial charge < -0.3 is 14.5 Å². The fraction of sp³-hybridized carbons (Fsp3) is 0.167. The van der Waals surface area contributed by atoms with Gasteiger partial charge >= 0.3 is 0 Å². The van der Waals surface area contributed by atoms with Gasteiger partial charge in [-0.3, -0.25) is 4.79 Å². The highest BCUT2D eigenvalue weighted by Crippen LogP contribution is 2.20. The first-order valence-corrected chi connectivity index (χ1v) is 7.75. The summed E-state index contributed by atoms with van der Waals surface area (Å²) in [7, 11) is 0. The fourth-order valence-corrected chi connectivity index (χ4v) is 2.11. The number of aromatic nitrogens is 2. The molecule has 3 aromatic rings. The maximum Gasteiger partial charge on any atom is 0.262 e. The van der Waals surface area contributed by atoms with Crippen molar-refractivity contribution in [3.63, 3.8) is 0 Å². The smallest absolute Gasteiger partial charge is 0.262 e. The van der Waals surface area contributed by atoms with Crippen molar-refractivity contribution >= 4 is 11.6 Å². The van der Waals surface area contributed by atoms with Crippen molar-refractivity contribution in [1.29, 1.82) is 0 Å². The Morgan fingerprint density at radius 2 is 1.92 bits per heavy atom. The zero-order valence-corrected chi connectivity index (χ0v) is 13.5. The number of rotatable bonds is 6. The number of para-hydroxylation sites is 1. The number of benzene rings is 2. The van der Waals surface area contributed by atoms with Gasteiger partial charge in [-0.25, -0.2) is 4.39 Å². The average Bonchev–Trinajstić information content (AvgIpc) is 3.11. The lowest BCUT2D eigenvalue weighted by molar-refractivity contribution is -0.118. The lowest BCUT2D eigenvalue weighted by Gasteiger charge is -2.08. The summed E-state index contributed by atoms with van der Waals surface area (Å²) >= 11 is 0. The number of hydrogen-bond donors (Lipinski definition) is 1. The molecule has 1 N–H and O–H groups in total. The summed E-state index contributed by atoms with van der Waals surface area (Å²) in [5.74, 6) is 0.138. The lowest BCUT2D eigenvalue weighted by Crippen LogP contribution is -2.20. The summed E-state index contributed by atoms with van der Waals surface area (Å²) in [6, 6.07) is 12.9. The molecule has 0 unspecified atom stereocenters. The molecule has 128 valence electrons. The normalized spacial score (nSPS) is 10.5. The molecule has 0 spiro atoms. The first-order chi connectivity index (χ1) is 12.2. The number of ether oxygens (including phenoxy) is 1. The second-order valence-electron chi connectivity index (χ2n) is 5.20. The van der Waals surface area contributed by atoms with Crippen LogP contribution in [0.2, 0.25) is 0 Å². The van der Waals surface area contributed by atoms with Crippen LogP contribution in [0.1, 0.15) is 12.8 Å². The lowest BCUT2D eigenvalue weighted by atomic mass is 10.2. The molecule has 0 atom stereocenters. The van der Waals surface area contributed by atoms with Gasteiger partial charge in [-0.05, 0) is 36.4 Å². The Morgan fingerprint density at radius 1 is 1.16 bits per heavy atom. The van der Waals surface area contributed by atoms with Gasteiger partial charge in [0.1, 0.15) is 0 Å². The maximum atomic E-state index is 13.4. The van der Waals surface area contributed by atoms with Crippen LogP contribution in [-0.4, -0.2) is 22.7 Å². The van der Waals surface area contributed by atoms with Crippen LogP contribution >= 0.6 is 0 Å². The summed E-state index contributed by atoms with van der Waals surface area (Å²) in [6.07, 6.45) is 0.670. The molecule has 0 saturated heterocycles. The third-order valence-electron chi connectivity index (χ3n) is 3.38. The number of nitrogens with one attached hydrogen (secondary N) is 1. The van der Waals surface area contributed by atoms with Crippen molar-refractivity contribution in [3.8, 4) is 17.2 Å². The molecule has 2 aromatic carbocycles. The van der Waals surface area contributed by atoms with Crippen LogP contribution < -0.4 is 10.1 Å². The molecule has 1 amide bonds. The highest BCUT2D eigenvalue weighted by atomic mass is 19.1. The summed E-state index contributed by atoms with van der Waals surface area (Å²) in [4.78, 5) is 11.9. The van der Waals surface area contributed by atoms with Crippen LogP contribution in [0.15, 0.2) is 52.9 Å². The average molecular weight is 341 g/mol. The molecule has 0 aliphatic rings. The SMILES string of the molecule is CCc1nnc(-c2ccc(NC(=O)COc3ccccc3F)cc2)o1. The molecule has 1 aromatic heterocycles. The molecule has 0 aliphatic heterocycles. The van der Waals surface area contributed by atoms with Crippen LogP contribution in [0.25, 0.3) is 11.5 Å². The monoisotopic (exact) mass is 341 g/mol. The van der Waals surface area contributed by atoms with E-state index in [2.05, 4.69) is 15.5 Å². The molecular formula is C18H16FN3O3. The first-order valence-electron chi connectivity index (χ1n) is 7.75. The van der Waals surface area contributed by atoms with E-state index in [-0.39, 0.29) is 18.3 Å². The predicted octanol–water partition coefficient (Wildman–Crippen LogP) is 3.46. The fourth-order valence-electron chi connectivity index (χ4n) is 2.11. The first kappa shape index (κ1) is 16.6. The van der Waals surface area contributed by atoms with Crippen LogP contribution in [0.5, 0.6) is 5.75 Å². The zero-order chi connectivity index (χ0) is 17.6. The maximum absolute atomic E-state index is 13.4. The van der Waals surface area contributed by atoms with Crippen LogP contribution in [0.4, 0.5) is 10.1 Å². The van der Waals surface area contributed by atoms with E-state index in [1.165, 1.54) is 12.1 Å². The van der Waals surface area contributed by atoms with E-state index in [1.54, 1.807) is 36.4 Å². The number of halogens is 1. The van der Waals surface area contributed by atoms with Gasteiger partial charge in [0, 0.05) is 17.7 Å². The molecule has 25 heavy (non-hydrogen) atoms. The van der Waals surface area contributed by atoms with E-state index in [1.807, 2.05) is 6.92 Å². The van der Waals surface area contributed by atoms with Crippen LogP contribution in [0.3, 0.4) is 0 Å². The Labute approximate surface area is 143 Å². The van der Waals surface area contributed by atoms with Crippen LogP contribution in [0, 0.1) is 5.82 Å². The Balaban J connectivity index is 1.57. The third-order valence-corrected chi connectivity index (χ3v) is 3.38. The molecule has 0 saturated carbocycles. The number of carbonyl (C=O) groups excluding carboxylic acids is 1. The highest BCUT2D eigenvalue weighted by Gasteiger charge is 2.09. The van der Waals surface area contributed by atoms with E-state index in [9.17, 15) is 9.18 Å². The molecule has 0 bridgehead atoms. The van der Waals surface area contributed by atoms with E-state index in [4.69, 9.17) is 9.15 Å². The van der Waals surface area contributed by atoms with Crippen molar-refractivity contribution in [1.82, 2.24) is 10.2 Å². The largest absolute Gasteiger partial charge is 0.481 e.